The number of ether oxygens (including phenoxy) is 1. The lowest BCUT2D eigenvalue weighted by Crippen LogP contribution is -2.36. The molecule has 3 nitrogen and oxygen atoms in total. The first-order valence-corrected chi connectivity index (χ1v) is 6.12. The van der Waals surface area contributed by atoms with E-state index in [1.54, 1.807) is 0 Å². The number of hydrogen-bond donors (Lipinski definition) is 2. The van der Waals surface area contributed by atoms with Gasteiger partial charge in [-0.2, -0.15) is 0 Å². The van der Waals surface area contributed by atoms with Gasteiger partial charge in [0.25, 0.3) is 0 Å². The second-order valence-electron chi connectivity index (χ2n) is 5.42. The van der Waals surface area contributed by atoms with E-state index in [1.807, 2.05) is 0 Å². The molecule has 15 heavy (non-hydrogen) atoms. The van der Waals surface area contributed by atoms with Crippen LogP contribution in [-0.2, 0) is 4.74 Å². The minimum Gasteiger partial charge on any atom is -0.381 e. The summed E-state index contributed by atoms with van der Waals surface area (Å²) < 4.78 is 5.55. The third kappa shape index (κ3) is 6.88. The summed E-state index contributed by atoms with van der Waals surface area (Å²) in [4.78, 5) is 0. The molecule has 0 aromatic carbocycles. The van der Waals surface area contributed by atoms with Gasteiger partial charge in [0.05, 0.1) is 0 Å². The number of hydrogen-bond acceptors (Lipinski definition) is 3. The molecular weight excluding hydrogens is 188 g/mol. The zero-order valence-electron chi connectivity index (χ0n) is 10.2. The van der Waals surface area contributed by atoms with E-state index < -0.39 is 0 Å². The third-order valence-electron chi connectivity index (χ3n) is 2.85. The molecular formula is C12H26N2O. The lowest BCUT2D eigenvalue weighted by atomic mass is 9.94. The van der Waals surface area contributed by atoms with Crippen LogP contribution in [0.4, 0.5) is 0 Å². The van der Waals surface area contributed by atoms with Crippen LogP contribution < -0.4 is 11.1 Å². The molecule has 1 aliphatic carbocycles. The molecule has 0 aliphatic heterocycles. The average Bonchev–Trinajstić information content (AvgIpc) is 3.00. The molecule has 0 aromatic heterocycles. The van der Waals surface area contributed by atoms with Gasteiger partial charge < -0.3 is 15.8 Å². The highest BCUT2D eigenvalue weighted by Crippen LogP contribution is 2.28. The number of rotatable bonds is 9. The summed E-state index contributed by atoms with van der Waals surface area (Å²) >= 11 is 0. The minimum atomic E-state index is 0.217. The highest BCUT2D eigenvalue weighted by Gasteiger charge is 2.20. The highest BCUT2D eigenvalue weighted by atomic mass is 16.5. The summed E-state index contributed by atoms with van der Waals surface area (Å²) in [5, 5.41) is 3.42. The standard InChI is InChI=1S/C12H26N2O/c1-12(2,9-13)10-14-6-3-7-15-8-11-4-5-11/h11,14H,3-10,13H2,1-2H3. The van der Waals surface area contributed by atoms with Crippen molar-refractivity contribution in [2.45, 2.75) is 33.1 Å². The molecule has 90 valence electrons. The Balaban J connectivity index is 1.79. The summed E-state index contributed by atoms with van der Waals surface area (Å²) in [6.07, 6.45) is 3.86. The van der Waals surface area contributed by atoms with Crippen LogP contribution in [-0.4, -0.2) is 32.8 Å². The van der Waals surface area contributed by atoms with E-state index in [1.165, 1.54) is 12.8 Å². The molecule has 0 unspecified atom stereocenters. The normalized spacial score (nSPS) is 17.0. The Morgan fingerprint density at radius 1 is 1.40 bits per heavy atom. The second-order valence-corrected chi connectivity index (χ2v) is 5.42. The maximum absolute atomic E-state index is 5.64. The lowest BCUT2D eigenvalue weighted by molar-refractivity contribution is 0.121. The van der Waals surface area contributed by atoms with Crippen molar-refractivity contribution in [1.82, 2.24) is 5.32 Å². The molecule has 0 amide bonds. The molecule has 0 bridgehead atoms. The van der Waals surface area contributed by atoms with Crippen molar-refractivity contribution in [3.8, 4) is 0 Å². The van der Waals surface area contributed by atoms with Gasteiger partial charge in [0.15, 0.2) is 0 Å². The maximum atomic E-state index is 5.64. The Kier molecular flexibility index (Phi) is 5.58. The first kappa shape index (κ1) is 12.9. The molecule has 0 spiro atoms. The first-order valence-electron chi connectivity index (χ1n) is 6.12. The summed E-state index contributed by atoms with van der Waals surface area (Å²) in [6.45, 7) is 9.01. The van der Waals surface area contributed by atoms with Crippen molar-refractivity contribution in [3.63, 3.8) is 0 Å². The Morgan fingerprint density at radius 3 is 2.73 bits per heavy atom. The van der Waals surface area contributed by atoms with Crippen LogP contribution in [0.15, 0.2) is 0 Å². The van der Waals surface area contributed by atoms with Crippen molar-refractivity contribution in [1.29, 1.82) is 0 Å². The van der Waals surface area contributed by atoms with Crippen molar-refractivity contribution >= 4 is 0 Å². The number of nitrogens with one attached hydrogen (secondary N) is 1. The van der Waals surface area contributed by atoms with Crippen LogP contribution in [0, 0.1) is 11.3 Å². The van der Waals surface area contributed by atoms with Gasteiger partial charge >= 0.3 is 0 Å². The maximum Gasteiger partial charge on any atom is 0.0494 e. The Bertz CT molecular complexity index is 167. The van der Waals surface area contributed by atoms with Gasteiger partial charge in [-0.1, -0.05) is 13.8 Å². The van der Waals surface area contributed by atoms with Crippen LogP contribution >= 0.6 is 0 Å². The van der Waals surface area contributed by atoms with E-state index in [0.717, 1.165) is 45.2 Å². The van der Waals surface area contributed by atoms with E-state index in [9.17, 15) is 0 Å². The van der Waals surface area contributed by atoms with Crippen molar-refractivity contribution in [2.24, 2.45) is 17.1 Å². The number of nitrogens with two attached hydrogens (primary N) is 1. The van der Waals surface area contributed by atoms with E-state index in [2.05, 4.69) is 19.2 Å². The van der Waals surface area contributed by atoms with Crippen LogP contribution in [0.1, 0.15) is 33.1 Å². The molecule has 1 aliphatic rings. The van der Waals surface area contributed by atoms with Gasteiger partial charge in [-0.25, -0.2) is 0 Å². The van der Waals surface area contributed by atoms with E-state index >= 15 is 0 Å². The highest BCUT2D eigenvalue weighted by molar-refractivity contribution is 4.72. The minimum absolute atomic E-state index is 0.217. The fourth-order valence-electron chi connectivity index (χ4n) is 1.33. The molecule has 0 aromatic rings. The molecule has 0 atom stereocenters. The van der Waals surface area contributed by atoms with Gasteiger partial charge in [-0.05, 0) is 43.7 Å². The van der Waals surface area contributed by atoms with Crippen LogP contribution in [0.2, 0.25) is 0 Å². The van der Waals surface area contributed by atoms with E-state index in [4.69, 9.17) is 10.5 Å². The Labute approximate surface area is 93.8 Å². The SMILES string of the molecule is CC(C)(CN)CNCCCOCC1CC1. The summed E-state index contributed by atoms with van der Waals surface area (Å²) in [5.41, 5.74) is 5.86. The van der Waals surface area contributed by atoms with Gasteiger partial charge in [-0.3, -0.25) is 0 Å². The molecule has 1 saturated carbocycles. The van der Waals surface area contributed by atoms with Gasteiger partial charge in [0.2, 0.25) is 0 Å². The smallest absolute Gasteiger partial charge is 0.0494 e. The van der Waals surface area contributed by atoms with E-state index in [-0.39, 0.29) is 5.41 Å². The lowest BCUT2D eigenvalue weighted by Gasteiger charge is -2.22. The fraction of sp³-hybridized carbons (Fsp3) is 1.00. The van der Waals surface area contributed by atoms with Crippen molar-refractivity contribution in [3.05, 3.63) is 0 Å². The Hall–Kier alpha value is -0.120. The predicted molar refractivity (Wildman–Crippen MR) is 63.9 cm³/mol. The van der Waals surface area contributed by atoms with Crippen molar-refractivity contribution in [2.75, 3.05) is 32.8 Å². The third-order valence-corrected chi connectivity index (χ3v) is 2.85. The Morgan fingerprint density at radius 2 is 2.13 bits per heavy atom. The van der Waals surface area contributed by atoms with Gasteiger partial charge in [0, 0.05) is 19.8 Å². The fourth-order valence-corrected chi connectivity index (χ4v) is 1.33. The predicted octanol–water partition coefficient (Wildman–Crippen LogP) is 1.38. The summed E-state index contributed by atoms with van der Waals surface area (Å²) in [6, 6.07) is 0. The zero-order valence-corrected chi connectivity index (χ0v) is 10.2. The first-order chi connectivity index (χ1) is 7.14. The molecule has 3 N–H and O–H groups in total. The van der Waals surface area contributed by atoms with Crippen molar-refractivity contribution < 1.29 is 4.74 Å². The summed E-state index contributed by atoms with van der Waals surface area (Å²) in [5.74, 6) is 0.883. The molecule has 1 rings (SSSR count). The zero-order chi connectivity index (χ0) is 11.1. The molecule has 0 heterocycles. The van der Waals surface area contributed by atoms with E-state index in [0.29, 0.717) is 0 Å². The molecule has 0 radical (unpaired) electrons. The van der Waals surface area contributed by atoms with Gasteiger partial charge in [0.1, 0.15) is 0 Å². The molecule has 0 saturated heterocycles. The molecule has 1 fully saturated rings. The van der Waals surface area contributed by atoms with Crippen LogP contribution in [0.25, 0.3) is 0 Å². The van der Waals surface area contributed by atoms with Crippen LogP contribution in [0.3, 0.4) is 0 Å². The quantitative estimate of drug-likeness (QED) is 0.570. The largest absolute Gasteiger partial charge is 0.381 e. The topological polar surface area (TPSA) is 47.3 Å². The summed E-state index contributed by atoms with van der Waals surface area (Å²) in [7, 11) is 0. The second kappa shape index (κ2) is 6.46. The monoisotopic (exact) mass is 214 g/mol. The average molecular weight is 214 g/mol. The molecule has 3 heteroatoms. The van der Waals surface area contributed by atoms with Crippen LogP contribution in [0.5, 0.6) is 0 Å². The van der Waals surface area contributed by atoms with Gasteiger partial charge in [-0.15, -0.1) is 0 Å².